The van der Waals surface area contributed by atoms with Crippen molar-refractivity contribution in [3.8, 4) is 5.75 Å². The molecule has 1 aliphatic heterocycles. The van der Waals surface area contributed by atoms with E-state index in [-0.39, 0.29) is 23.6 Å². The molecule has 0 saturated carbocycles. The van der Waals surface area contributed by atoms with Crippen LogP contribution in [-0.4, -0.2) is 34.6 Å². The van der Waals surface area contributed by atoms with E-state index in [1.807, 2.05) is 19.9 Å². The standard InChI is InChI=1S/C18H19NO5S/c1-12-8-13(2)10-15(9-12)25(21,22)19-6-7-24-17-5-4-14(11-16(17)19)18(20)23-3/h4-5,8-11H,6-7H2,1-3H3. The summed E-state index contributed by atoms with van der Waals surface area (Å²) in [7, 11) is -2.49. The highest BCUT2D eigenvalue weighted by Gasteiger charge is 2.31. The zero-order valence-electron chi connectivity index (χ0n) is 14.3. The Morgan fingerprint density at radius 2 is 1.80 bits per heavy atom. The zero-order chi connectivity index (χ0) is 18.2. The molecule has 0 N–H and O–H groups in total. The van der Waals surface area contributed by atoms with Gasteiger partial charge in [-0.3, -0.25) is 4.31 Å². The predicted octanol–water partition coefficient (Wildman–Crippen LogP) is 2.68. The molecule has 1 heterocycles. The van der Waals surface area contributed by atoms with Crippen LogP contribution in [0.2, 0.25) is 0 Å². The highest BCUT2D eigenvalue weighted by molar-refractivity contribution is 7.92. The predicted molar refractivity (Wildman–Crippen MR) is 93.7 cm³/mol. The number of esters is 1. The Hall–Kier alpha value is -2.54. The van der Waals surface area contributed by atoms with Crippen molar-refractivity contribution in [2.75, 3.05) is 24.6 Å². The molecule has 6 nitrogen and oxygen atoms in total. The van der Waals surface area contributed by atoms with Crippen LogP contribution in [0.1, 0.15) is 21.5 Å². The molecule has 25 heavy (non-hydrogen) atoms. The molecule has 0 unspecified atom stereocenters. The van der Waals surface area contributed by atoms with Gasteiger partial charge in [0.1, 0.15) is 12.4 Å². The summed E-state index contributed by atoms with van der Waals surface area (Å²) in [5.74, 6) is -0.107. The highest BCUT2D eigenvalue weighted by atomic mass is 32.2. The van der Waals surface area contributed by atoms with E-state index >= 15 is 0 Å². The Kier molecular flexibility index (Phi) is 4.43. The van der Waals surface area contributed by atoms with Gasteiger partial charge < -0.3 is 9.47 Å². The van der Waals surface area contributed by atoms with E-state index < -0.39 is 16.0 Å². The third-order valence-electron chi connectivity index (χ3n) is 3.98. The van der Waals surface area contributed by atoms with E-state index in [0.29, 0.717) is 11.4 Å². The maximum Gasteiger partial charge on any atom is 0.337 e. The van der Waals surface area contributed by atoms with Gasteiger partial charge in [0.05, 0.1) is 29.8 Å². The van der Waals surface area contributed by atoms with Crippen LogP contribution < -0.4 is 9.04 Å². The van der Waals surface area contributed by atoms with Crippen LogP contribution in [0.5, 0.6) is 5.75 Å². The number of carbonyl (C=O) groups excluding carboxylic acids is 1. The summed E-state index contributed by atoms with van der Waals surface area (Å²) in [4.78, 5) is 12.0. The van der Waals surface area contributed by atoms with Gasteiger partial charge in [-0.25, -0.2) is 13.2 Å². The van der Waals surface area contributed by atoms with Gasteiger partial charge in [-0.2, -0.15) is 0 Å². The first kappa shape index (κ1) is 17.3. The first-order valence-electron chi connectivity index (χ1n) is 7.79. The van der Waals surface area contributed by atoms with Crippen molar-refractivity contribution >= 4 is 21.7 Å². The van der Waals surface area contributed by atoms with Crippen molar-refractivity contribution in [2.24, 2.45) is 0 Å². The van der Waals surface area contributed by atoms with Crippen LogP contribution in [0.15, 0.2) is 41.3 Å². The number of rotatable bonds is 3. The van der Waals surface area contributed by atoms with Gasteiger partial charge in [0.2, 0.25) is 0 Å². The van der Waals surface area contributed by atoms with Crippen molar-refractivity contribution in [3.05, 3.63) is 53.1 Å². The van der Waals surface area contributed by atoms with E-state index in [1.54, 1.807) is 24.3 Å². The SMILES string of the molecule is COC(=O)c1ccc2c(c1)N(S(=O)(=O)c1cc(C)cc(C)c1)CCO2. The Morgan fingerprint density at radius 3 is 2.44 bits per heavy atom. The highest BCUT2D eigenvalue weighted by Crippen LogP contribution is 2.36. The lowest BCUT2D eigenvalue weighted by Crippen LogP contribution is -2.38. The first-order valence-corrected chi connectivity index (χ1v) is 9.23. The summed E-state index contributed by atoms with van der Waals surface area (Å²) in [5.41, 5.74) is 2.35. The molecule has 0 aliphatic carbocycles. The van der Waals surface area contributed by atoms with Crippen LogP contribution in [-0.2, 0) is 14.8 Å². The summed E-state index contributed by atoms with van der Waals surface area (Å²) in [6, 6.07) is 9.83. The van der Waals surface area contributed by atoms with Gasteiger partial charge in [-0.05, 0) is 55.3 Å². The molecule has 2 aromatic rings. The average molecular weight is 361 g/mol. The monoisotopic (exact) mass is 361 g/mol. The molecule has 0 atom stereocenters. The lowest BCUT2D eigenvalue weighted by molar-refractivity contribution is 0.0600. The number of fused-ring (bicyclic) bond motifs is 1. The third-order valence-corrected chi connectivity index (χ3v) is 5.77. The molecule has 7 heteroatoms. The van der Waals surface area contributed by atoms with Crippen molar-refractivity contribution < 1.29 is 22.7 Å². The van der Waals surface area contributed by atoms with Gasteiger partial charge in [-0.15, -0.1) is 0 Å². The van der Waals surface area contributed by atoms with Crippen molar-refractivity contribution in [1.29, 1.82) is 0 Å². The first-order chi connectivity index (χ1) is 11.8. The van der Waals surface area contributed by atoms with Gasteiger partial charge in [0.25, 0.3) is 10.0 Å². The molecule has 132 valence electrons. The van der Waals surface area contributed by atoms with Crippen molar-refractivity contribution in [1.82, 2.24) is 0 Å². The van der Waals surface area contributed by atoms with Crippen LogP contribution in [0.3, 0.4) is 0 Å². The lowest BCUT2D eigenvalue weighted by Gasteiger charge is -2.31. The summed E-state index contributed by atoms with van der Waals surface area (Å²) in [6.07, 6.45) is 0. The maximum atomic E-state index is 13.2. The number of aryl methyl sites for hydroxylation is 2. The molecular weight excluding hydrogens is 342 g/mol. The summed E-state index contributed by atoms with van der Waals surface area (Å²) >= 11 is 0. The number of hydrogen-bond donors (Lipinski definition) is 0. The van der Waals surface area contributed by atoms with Crippen LogP contribution in [0, 0.1) is 13.8 Å². The Balaban J connectivity index is 2.11. The Bertz CT molecular complexity index is 916. The molecule has 0 radical (unpaired) electrons. The summed E-state index contributed by atoms with van der Waals surface area (Å²) in [5, 5.41) is 0. The largest absolute Gasteiger partial charge is 0.489 e. The van der Waals surface area contributed by atoms with E-state index in [1.165, 1.54) is 17.5 Å². The second kappa shape index (κ2) is 6.40. The van der Waals surface area contributed by atoms with E-state index in [9.17, 15) is 13.2 Å². The van der Waals surface area contributed by atoms with Gasteiger partial charge in [0, 0.05) is 0 Å². The quantitative estimate of drug-likeness (QED) is 0.786. The summed E-state index contributed by atoms with van der Waals surface area (Å²) < 4.78 is 37.9. The second-order valence-corrected chi connectivity index (χ2v) is 7.79. The summed E-state index contributed by atoms with van der Waals surface area (Å²) in [6.45, 7) is 4.13. The molecule has 0 fully saturated rings. The van der Waals surface area contributed by atoms with E-state index in [0.717, 1.165) is 11.1 Å². The lowest BCUT2D eigenvalue weighted by atomic mass is 10.1. The molecule has 3 rings (SSSR count). The molecule has 0 spiro atoms. The molecule has 0 bridgehead atoms. The molecule has 2 aromatic carbocycles. The molecule has 0 aromatic heterocycles. The zero-order valence-corrected chi connectivity index (χ0v) is 15.1. The number of ether oxygens (including phenoxy) is 2. The Morgan fingerprint density at radius 1 is 1.12 bits per heavy atom. The molecule has 0 amide bonds. The molecular formula is C18H19NO5S. The number of nitrogens with zero attached hydrogens (tertiary/aromatic N) is 1. The van der Waals surface area contributed by atoms with Gasteiger partial charge in [-0.1, -0.05) is 6.07 Å². The maximum absolute atomic E-state index is 13.2. The van der Waals surface area contributed by atoms with E-state index in [4.69, 9.17) is 9.47 Å². The van der Waals surface area contributed by atoms with Gasteiger partial charge >= 0.3 is 5.97 Å². The Labute approximate surface area is 147 Å². The number of methoxy groups -OCH3 is 1. The third kappa shape index (κ3) is 3.19. The van der Waals surface area contributed by atoms with Crippen molar-refractivity contribution in [2.45, 2.75) is 18.7 Å². The van der Waals surface area contributed by atoms with Crippen molar-refractivity contribution in [3.63, 3.8) is 0 Å². The minimum atomic E-state index is -3.77. The van der Waals surface area contributed by atoms with Crippen LogP contribution in [0.25, 0.3) is 0 Å². The molecule has 1 aliphatic rings. The topological polar surface area (TPSA) is 72.9 Å². The molecule has 0 saturated heterocycles. The number of anilines is 1. The normalized spacial score (nSPS) is 13.8. The van der Waals surface area contributed by atoms with Gasteiger partial charge in [0.15, 0.2) is 0 Å². The fourth-order valence-corrected chi connectivity index (χ4v) is 4.54. The number of hydrogen-bond acceptors (Lipinski definition) is 5. The number of benzene rings is 2. The second-order valence-electron chi connectivity index (χ2n) is 5.92. The minimum absolute atomic E-state index is 0.174. The van der Waals surface area contributed by atoms with Crippen LogP contribution in [0.4, 0.5) is 5.69 Å². The smallest absolute Gasteiger partial charge is 0.337 e. The van der Waals surface area contributed by atoms with Crippen LogP contribution >= 0.6 is 0 Å². The average Bonchev–Trinajstić information content (AvgIpc) is 2.59. The minimum Gasteiger partial charge on any atom is -0.489 e. The number of sulfonamides is 1. The fraction of sp³-hybridized carbons (Fsp3) is 0.278. The van der Waals surface area contributed by atoms with E-state index in [2.05, 4.69) is 0 Å². The number of carbonyl (C=O) groups is 1. The fourth-order valence-electron chi connectivity index (χ4n) is 2.90.